The Morgan fingerprint density at radius 3 is 1.89 bits per heavy atom. The van der Waals surface area contributed by atoms with Crippen LogP contribution in [0.25, 0.3) is 0 Å². The summed E-state index contributed by atoms with van der Waals surface area (Å²) in [5.74, 6) is 1.83. The third kappa shape index (κ3) is 6.76. The number of piperazine rings is 1. The molecule has 2 aliphatic rings. The minimum Gasteiger partial charge on any atom is -0.301 e. The lowest BCUT2D eigenvalue weighted by molar-refractivity contribution is 0.102. The van der Waals surface area contributed by atoms with Gasteiger partial charge in [0.15, 0.2) is 0 Å². The van der Waals surface area contributed by atoms with Gasteiger partial charge >= 0.3 is 0 Å². The number of hydrogen-bond acceptors (Lipinski definition) is 2. The van der Waals surface area contributed by atoms with Crippen molar-refractivity contribution in [3.63, 3.8) is 0 Å². The van der Waals surface area contributed by atoms with E-state index in [1.54, 1.807) is 0 Å². The minimum absolute atomic E-state index is 0.819. The van der Waals surface area contributed by atoms with Crippen LogP contribution in [0.5, 0.6) is 0 Å². The summed E-state index contributed by atoms with van der Waals surface area (Å²) in [7, 11) is 0. The van der Waals surface area contributed by atoms with Crippen molar-refractivity contribution >= 4 is 0 Å². The third-order valence-electron chi connectivity index (χ3n) is 4.33. The highest BCUT2D eigenvalue weighted by Gasteiger charge is 2.21. The monoisotopic (exact) mass is 268 g/mol. The van der Waals surface area contributed by atoms with E-state index in [9.17, 15) is 0 Å². The largest absolute Gasteiger partial charge is 0.301 e. The van der Waals surface area contributed by atoms with Crippen LogP contribution in [0.15, 0.2) is 0 Å². The molecular weight excluding hydrogens is 232 g/mol. The average molecular weight is 268 g/mol. The van der Waals surface area contributed by atoms with Crippen molar-refractivity contribution in [1.82, 2.24) is 9.80 Å². The van der Waals surface area contributed by atoms with Gasteiger partial charge in [-0.1, -0.05) is 47.0 Å². The highest BCUT2D eigenvalue weighted by molar-refractivity contribution is 4.76. The molecule has 0 amide bonds. The smallest absolute Gasteiger partial charge is 0.0110 e. The number of rotatable bonds is 4. The quantitative estimate of drug-likeness (QED) is 0.764. The van der Waals surface area contributed by atoms with Gasteiger partial charge in [0.2, 0.25) is 0 Å². The standard InChI is InChI=1S/C15H30N2.C2H6/c1-14(2)12-16-8-10-17(11-9-16)13-15-6-4-3-5-7-15;1-2/h14-15H,3-13H2,1-2H3;1-2H3. The van der Waals surface area contributed by atoms with E-state index >= 15 is 0 Å². The van der Waals surface area contributed by atoms with Gasteiger partial charge in [0.05, 0.1) is 0 Å². The molecule has 1 aliphatic heterocycles. The predicted molar refractivity (Wildman–Crippen MR) is 85.6 cm³/mol. The first-order chi connectivity index (χ1) is 9.24. The van der Waals surface area contributed by atoms with E-state index in [1.165, 1.54) is 71.4 Å². The van der Waals surface area contributed by atoms with Crippen molar-refractivity contribution in [2.45, 2.75) is 59.8 Å². The highest BCUT2D eigenvalue weighted by atomic mass is 15.3. The zero-order chi connectivity index (χ0) is 14.1. The van der Waals surface area contributed by atoms with Gasteiger partial charge in [-0.3, -0.25) is 0 Å². The molecule has 1 saturated heterocycles. The summed E-state index contributed by atoms with van der Waals surface area (Å²) in [4.78, 5) is 5.36. The highest BCUT2D eigenvalue weighted by Crippen LogP contribution is 2.24. The van der Waals surface area contributed by atoms with E-state index in [-0.39, 0.29) is 0 Å². The SMILES string of the molecule is CC.CC(C)CN1CCN(CC2CCCCC2)CC1. The minimum atomic E-state index is 0.819. The molecule has 0 aromatic rings. The Labute approximate surface area is 121 Å². The van der Waals surface area contributed by atoms with Gasteiger partial charge in [0, 0.05) is 39.3 Å². The maximum atomic E-state index is 2.72. The summed E-state index contributed by atoms with van der Waals surface area (Å²) < 4.78 is 0. The molecule has 1 heterocycles. The van der Waals surface area contributed by atoms with E-state index in [0.717, 1.165) is 11.8 Å². The van der Waals surface area contributed by atoms with E-state index in [4.69, 9.17) is 0 Å². The van der Waals surface area contributed by atoms with Gasteiger partial charge < -0.3 is 9.80 Å². The van der Waals surface area contributed by atoms with Crippen molar-refractivity contribution in [3.05, 3.63) is 0 Å². The van der Waals surface area contributed by atoms with Crippen LogP contribution in [0, 0.1) is 11.8 Å². The molecule has 2 nitrogen and oxygen atoms in total. The molecule has 19 heavy (non-hydrogen) atoms. The van der Waals surface area contributed by atoms with Crippen molar-refractivity contribution < 1.29 is 0 Å². The van der Waals surface area contributed by atoms with Crippen molar-refractivity contribution in [2.75, 3.05) is 39.3 Å². The fourth-order valence-electron chi connectivity index (χ4n) is 3.41. The summed E-state index contributed by atoms with van der Waals surface area (Å²) in [5.41, 5.74) is 0. The summed E-state index contributed by atoms with van der Waals surface area (Å²) in [6.45, 7) is 16.5. The molecule has 2 rings (SSSR count). The Balaban J connectivity index is 0.000000861. The maximum absolute atomic E-state index is 2.72. The number of hydrogen-bond donors (Lipinski definition) is 0. The molecule has 1 aliphatic carbocycles. The Kier molecular flexibility index (Phi) is 8.72. The van der Waals surface area contributed by atoms with Crippen LogP contribution in [0.1, 0.15) is 59.8 Å². The average Bonchev–Trinajstić information content (AvgIpc) is 2.44. The van der Waals surface area contributed by atoms with E-state index in [2.05, 4.69) is 23.6 Å². The summed E-state index contributed by atoms with van der Waals surface area (Å²) >= 11 is 0. The molecule has 0 N–H and O–H groups in total. The molecule has 0 radical (unpaired) electrons. The van der Waals surface area contributed by atoms with Gasteiger partial charge in [-0.25, -0.2) is 0 Å². The Bertz CT molecular complexity index is 201. The van der Waals surface area contributed by atoms with Crippen LogP contribution in [0.2, 0.25) is 0 Å². The molecule has 1 saturated carbocycles. The zero-order valence-electron chi connectivity index (χ0n) is 13.8. The number of nitrogens with zero attached hydrogens (tertiary/aromatic N) is 2. The molecule has 0 atom stereocenters. The molecular formula is C17H36N2. The Morgan fingerprint density at radius 2 is 1.37 bits per heavy atom. The van der Waals surface area contributed by atoms with Crippen LogP contribution >= 0.6 is 0 Å². The topological polar surface area (TPSA) is 6.48 Å². The summed E-state index contributed by atoms with van der Waals surface area (Å²) in [5, 5.41) is 0. The third-order valence-corrected chi connectivity index (χ3v) is 4.33. The van der Waals surface area contributed by atoms with E-state index < -0.39 is 0 Å². The second-order valence-electron chi connectivity index (χ2n) is 6.50. The zero-order valence-corrected chi connectivity index (χ0v) is 13.8. The molecule has 0 aromatic heterocycles. The van der Waals surface area contributed by atoms with Gasteiger partial charge in [0.1, 0.15) is 0 Å². The Hall–Kier alpha value is -0.0800. The van der Waals surface area contributed by atoms with Crippen LogP contribution in [0.4, 0.5) is 0 Å². The second kappa shape index (κ2) is 9.77. The molecule has 114 valence electrons. The second-order valence-corrected chi connectivity index (χ2v) is 6.50. The van der Waals surface area contributed by atoms with Gasteiger partial charge in [0.25, 0.3) is 0 Å². The lowest BCUT2D eigenvalue weighted by atomic mass is 9.89. The molecule has 0 aromatic carbocycles. The summed E-state index contributed by atoms with van der Waals surface area (Å²) in [6, 6.07) is 0. The van der Waals surface area contributed by atoms with E-state index in [1.807, 2.05) is 13.8 Å². The molecule has 0 unspecified atom stereocenters. The normalized spacial score (nSPS) is 23.2. The van der Waals surface area contributed by atoms with Crippen molar-refractivity contribution in [3.8, 4) is 0 Å². The van der Waals surface area contributed by atoms with Crippen molar-refractivity contribution in [2.24, 2.45) is 11.8 Å². The Morgan fingerprint density at radius 1 is 0.842 bits per heavy atom. The molecule has 0 spiro atoms. The van der Waals surface area contributed by atoms with Crippen LogP contribution in [-0.4, -0.2) is 49.1 Å². The predicted octanol–water partition coefficient (Wildman–Crippen LogP) is 3.87. The first kappa shape index (κ1) is 17.0. The molecule has 2 heteroatoms. The molecule has 2 fully saturated rings. The lowest BCUT2D eigenvalue weighted by Crippen LogP contribution is -2.48. The lowest BCUT2D eigenvalue weighted by Gasteiger charge is -2.37. The molecule has 0 bridgehead atoms. The van der Waals surface area contributed by atoms with Crippen LogP contribution in [-0.2, 0) is 0 Å². The first-order valence-corrected chi connectivity index (χ1v) is 8.69. The van der Waals surface area contributed by atoms with E-state index in [0.29, 0.717) is 0 Å². The fourth-order valence-corrected chi connectivity index (χ4v) is 3.41. The van der Waals surface area contributed by atoms with Gasteiger partial charge in [-0.15, -0.1) is 0 Å². The van der Waals surface area contributed by atoms with Gasteiger partial charge in [-0.05, 0) is 24.7 Å². The van der Waals surface area contributed by atoms with Crippen LogP contribution < -0.4 is 0 Å². The summed E-state index contributed by atoms with van der Waals surface area (Å²) in [6.07, 6.45) is 7.44. The van der Waals surface area contributed by atoms with Crippen molar-refractivity contribution in [1.29, 1.82) is 0 Å². The first-order valence-electron chi connectivity index (χ1n) is 8.69. The maximum Gasteiger partial charge on any atom is 0.0110 e. The van der Waals surface area contributed by atoms with Crippen LogP contribution in [0.3, 0.4) is 0 Å². The van der Waals surface area contributed by atoms with Gasteiger partial charge in [-0.2, -0.15) is 0 Å². The fraction of sp³-hybridized carbons (Fsp3) is 1.00.